The first-order valence-electron chi connectivity index (χ1n) is 5.72. The van der Waals surface area contributed by atoms with Crippen molar-refractivity contribution >= 4 is 22.9 Å². The van der Waals surface area contributed by atoms with Gasteiger partial charge in [0.1, 0.15) is 0 Å². The van der Waals surface area contributed by atoms with E-state index in [1.807, 2.05) is 31.4 Å². The predicted molar refractivity (Wildman–Crippen MR) is 65.5 cm³/mol. The molecule has 3 heterocycles. The van der Waals surface area contributed by atoms with Gasteiger partial charge < -0.3 is 9.47 Å². The van der Waals surface area contributed by atoms with E-state index in [0.29, 0.717) is 0 Å². The van der Waals surface area contributed by atoms with Crippen LogP contribution in [0.4, 0.5) is 0 Å². The minimum absolute atomic E-state index is 0.209. The lowest BCUT2D eigenvalue weighted by Crippen LogP contribution is -2.36. The average molecular weight is 250 g/mol. The van der Waals surface area contributed by atoms with E-state index in [0.717, 1.165) is 28.9 Å². The monoisotopic (exact) mass is 250 g/mol. The first kappa shape index (κ1) is 11.0. The van der Waals surface area contributed by atoms with E-state index in [9.17, 15) is 4.79 Å². The molecule has 1 saturated heterocycles. The van der Waals surface area contributed by atoms with Crippen LogP contribution >= 0.6 is 11.3 Å². The molecule has 3 nitrogen and oxygen atoms in total. The van der Waals surface area contributed by atoms with Gasteiger partial charge in [-0.25, -0.2) is 4.79 Å². The van der Waals surface area contributed by atoms with Gasteiger partial charge in [0, 0.05) is 10.5 Å². The first-order valence-corrected chi connectivity index (χ1v) is 6.60. The van der Waals surface area contributed by atoms with Crippen molar-refractivity contribution in [1.29, 1.82) is 0 Å². The van der Waals surface area contributed by atoms with Gasteiger partial charge >= 0.3 is 5.97 Å². The molecule has 1 aromatic heterocycles. The molecule has 2 aliphatic heterocycles. The van der Waals surface area contributed by atoms with Crippen LogP contribution in [0.15, 0.2) is 23.1 Å². The summed E-state index contributed by atoms with van der Waals surface area (Å²) in [6.45, 7) is 4.06. The first-order chi connectivity index (χ1) is 8.07. The second-order valence-corrected chi connectivity index (χ2v) is 5.94. The summed E-state index contributed by atoms with van der Waals surface area (Å²) >= 11 is 1.57. The Hall–Kier alpha value is -1.13. The topological polar surface area (TPSA) is 35.5 Å². The fourth-order valence-electron chi connectivity index (χ4n) is 2.28. The van der Waals surface area contributed by atoms with Crippen LogP contribution in [0.3, 0.4) is 0 Å². The summed E-state index contributed by atoms with van der Waals surface area (Å²) in [5.74, 6) is -0.245. The smallest absolute Gasteiger partial charge is 0.342 e. The summed E-state index contributed by atoms with van der Waals surface area (Å²) in [7, 11) is 0. The Labute approximate surface area is 104 Å². The Morgan fingerprint density at radius 1 is 1.47 bits per heavy atom. The molecule has 1 aromatic rings. The lowest BCUT2D eigenvalue weighted by molar-refractivity contribution is -0.192. The number of esters is 1. The van der Waals surface area contributed by atoms with Gasteiger partial charge in [-0.15, -0.1) is 11.3 Å². The van der Waals surface area contributed by atoms with Gasteiger partial charge in [-0.05, 0) is 38.1 Å². The van der Waals surface area contributed by atoms with E-state index in [-0.39, 0.29) is 11.6 Å². The summed E-state index contributed by atoms with van der Waals surface area (Å²) in [6.07, 6.45) is 1.32. The van der Waals surface area contributed by atoms with E-state index in [1.54, 1.807) is 11.3 Å². The maximum Gasteiger partial charge on any atom is 0.342 e. The van der Waals surface area contributed by atoms with Gasteiger partial charge in [0.15, 0.2) is 0 Å². The van der Waals surface area contributed by atoms with Crippen molar-refractivity contribution in [3.8, 4) is 0 Å². The van der Waals surface area contributed by atoms with Crippen LogP contribution in [-0.4, -0.2) is 17.9 Å². The molecule has 0 aliphatic carbocycles. The fourth-order valence-corrected chi connectivity index (χ4v) is 3.07. The molecule has 0 N–H and O–H groups in total. The molecule has 4 heteroatoms. The molecule has 0 amide bonds. The van der Waals surface area contributed by atoms with E-state index in [4.69, 9.17) is 9.47 Å². The zero-order chi connectivity index (χ0) is 12.0. The summed E-state index contributed by atoms with van der Waals surface area (Å²) in [6, 6.07) is 3.90. The Kier molecular flexibility index (Phi) is 2.38. The van der Waals surface area contributed by atoms with Crippen molar-refractivity contribution < 1.29 is 14.3 Å². The summed E-state index contributed by atoms with van der Waals surface area (Å²) < 4.78 is 11.1. The van der Waals surface area contributed by atoms with Crippen molar-refractivity contribution in [3.05, 3.63) is 28.0 Å². The van der Waals surface area contributed by atoms with E-state index >= 15 is 0 Å². The fraction of sp³-hybridized carbons (Fsp3) is 0.462. The van der Waals surface area contributed by atoms with Crippen molar-refractivity contribution in [2.45, 2.75) is 38.6 Å². The number of hydrogen-bond donors (Lipinski definition) is 0. The van der Waals surface area contributed by atoms with E-state index < -0.39 is 6.29 Å². The SMILES string of the molecule is CC1(C)CCC2=C(c3cccs3)C(=O)OC2O1. The minimum Gasteiger partial charge on any atom is -0.428 e. The number of carbonyl (C=O) groups excluding carboxylic acids is 1. The van der Waals surface area contributed by atoms with Crippen LogP contribution < -0.4 is 0 Å². The van der Waals surface area contributed by atoms with Gasteiger partial charge in [0.25, 0.3) is 0 Å². The van der Waals surface area contributed by atoms with Gasteiger partial charge in [0.05, 0.1) is 11.2 Å². The number of ether oxygens (including phenoxy) is 2. The molecule has 90 valence electrons. The zero-order valence-electron chi connectivity index (χ0n) is 9.86. The highest BCUT2D eigenvalue weighted by atomic mass is 32.1. The Balaban J connectivity index is 2.00. The third-order valence-corrected chi connectivity index (χ3v) is 4.10. The lowest BCUT2D eigenvalue weighted by atomic mass is 9.92. The molecule has 2 aliphatic rings. The van der Waals surface area contributed by atoms with Crippen LogP contribution in [0.1, 0.15) is 31.6 Å². The summed E-state index contributed by atoms with van der Waals surface area (Å²) in [5, 5.41) is 1.97. The molecule has 17 heavy (non-hydrogen) atoms. The average Bonchev–Trinajstić information content (AvgIpc) is 2.82. The van der Waals surface area contributed by atoms with Crippen LogP contribution in [0.2, 0.25) is 0 Å². The molecular formula is C13H14O3S. The van der Waals surface area contributed by atoms with E-state index in [2.05, 4.69) is 0 Å². The van der Waals surface area contributed by atoms with Crippen LogP contribution in [0, 0.1) is 0 Å². The molecular weight excluding hydrogens is 236 g/mol. The summed E-state index contributed by atoms with van der Waals surface area (Å²) in [4.78, 5) is 12.9. The molecule has 1 unspecified atom stereocenters. The van der Waals surface area contributed by atoms with Gasteiger partial charge in [-0.2, -0.15) is 0 Å². The van der Waals surface area contributed by atoms with Crippen molar-refractivity contribution in [1.82, 2.24) is 0 Å². The Morgan fingerprint density at radius 2 is 2.29 bits per heavy atom. The number of carbonyl (C=O) groups is 1. The molecule has 0 aromatic carbocycles. The van der Waals surface area contributed by atoms with Crippen LogP contribution in [-0.2, 0) is 14.3 Å². The molecule has 1 atom stereocenters. The number of rotatable bonds is 1. The molecule has 3 rings (SSSR count). The zero-order valence-corrected chi connectivity index (χ0v) is 10.7. The molecule has 0 radical (unpaired) electrons. The maximum atomic E-state index is 11.9. The van der Waals surface area contributed by atoms with Crippen molar-refractivity contribution in [2.24, 2.45) is 0 Å². The molecule has 1 fully saturated rings. The molecule has 0 saturated carbocycles. The highest BCUT2D eigenvalue weighted by Crippen LogP contribution is 2.42. The van der Waals surface area contributed by atoms with Crippen molar-refractivity contribution in [2.75, 3.05) is 0 Å². The second-order valence-electron chi connectivity index (χ2n) is 4.99. The quantitative estimate of drug-likeness (QED) is 0.719. The lowest BCUT2D eigenvalue weighted by Gasteiger charge is -2.34. The minimum atomic E-state index is -0.469. The highest BCUT2D eigenvalue weighted by Gasteiger charge is 2.42. The van der Waals surface area contributed by atoms with Gasteiger partial charge in [-0.3, -0.25) is 0 Å². The third-order valence-electron chi connectivity index (χ3n) is 3.21. The summed E-state index contributed by atoms with van der Waals surface area (Å²) in [5.41, 5.74) is 1.52. The van der Waals surface area contributed by atoms with Gasteiger partial charge in [-0.1, -0.05) is 6.07 Å². The Bertz CT molecular complexity index is 485. The largest absolute Gasteiger partial charge is 0.428 e. The maximum absolute atomic E-state index is 11.9. The van der Waals surface area contributed by atoms with E-state index in [1.165, 1.54) is 0 Å². The molecule has 0 bridgehead atoms. The molecule has 0 spiro atoms. The number of fused-ring (bicyclic) bond motifs is 1. The van der Waals surface area contributed by atoms with Crippen LogP contribution in [0.25, 0.3) is 5.57 Å². The van der Waals surface area contributed by atoms with Crippen molar-refractivity contribution in [3.63, 3.8) is 0 Å². The standard InChI is InChI=1S/C13H14O3S/c1-13(2)6-5-8-10(9-4-3-7-17-9)11(14)15-12(8)16-13/h3-4,7,12H,5-6H2,1-2H3. The normalized spacial score (nSPS) is 26.9. The van der Waals surface area contributed by atoms with Crippen LogP contribution in [0.5, 0.6) is 0 Å². The second kappa shape index (κ2) is 3.68. The highest BCUT2D eigenvalue weighted by molar-refractivity contribution is 7.11. The predicted octanol–water partition coefficient (Wildman–Crippen LogP) is 2.97. The Morgan fingerprint density at radius 3 is 3.00 bits per heavy atom. The van der Waals surface area contributed by atoms with Gasteiger partial charge in [0.2, 0.25) is 6.29 Å². The third kappa shape index (κ3) is 1.81. The number of thiophene rings is 1. The number of hydrogen-bond acceptors (Lipinski definition) is 4.